The summed E-state index contributed by atoms with van der Waals surface area (Å²) in [7, 11) is -10.6. The molecule has 198 valence electrons. The third-order valence-electron chi connectivity index (χ3n) is 4.43. The molecule has 0 heterocycles. The highest BCUT2D eigenvalue weighted by Gasteiger charge is 2.12. The van der Waals surface area contributed by atoms with Crippen molar-refractivity contribution in [2.75, 3.05) is 7.11 Å². The van der Waals surface area contributed by atoms with E-state index in [1.54, 1.807) is 42.5 Å². The topological polar surface area (TPSA) is 152 Å². The Bertz CT molecular complexity index is 1560. The fraction of sp³-hybridized carbons (Fsp3) is 0.0400. The van der Waals surface area contributed by atoms with Gasteiger partial charge in [-0.05, 0) is 47.0 Å². The van der Waals surface area contributed by atoms with Gasteiger partial charge in [0, 0.05) is 0 Å². The van der Waals surface area contributed by atoms with Crippen LogP contribution in [0, 0.1) is 0 Å². The highest BCUT2D eigenvalue weighted by molar-refractivity contribution is 7.87. The zero-order valence-corrected chi connectivity index (χ0v) is 22.2. The largest absolute Gasteiger partial charge is 0.296 e. The van der Waals surface area contributed by atoms with E-state index in [2.05, 4.69) is 23.9 Å². The van der Waals surface area contributed by atoms with Crippen molar-refractivity contribution in [1.82, 2.24) is 0 Å². The monoisotopic (exact) mass is 566 g/mol. The van der Waals surface area contributed by atoms with Crippen molar-refractivity contribution in [1.29, 1.82) is 0 Å². The Morgan fingerprint density at radius 3 is 1.65 bits per heavy atom. The van der Waals surface area contributed by atoms with Crippen LogP contribution in [-0.2, 0) is 34.5 Å². The van der Waals surface area contributed by atoms with Crippen LogP contribution in [0.3, 0.4) is 0 Å². The van der Waals surface area contributed by atoms with Gasteiger partial charge in [0.05, 0.1) is 16.9 Å². The summed E-state index contributed by atoms with van der Waals surface area (Å²) in [5.41, 5.74) is 1.93. The second-order valence-electron chi connectivity index (χ2n) is 6.86. The van der Waals surface area contributed by atoms with Crippen LogP contribution in [0.1, 0.15) is 16.7 Å². The minimum Gasteiger partial charge on any atom is -0.282 e. The number of hydrogen-bond donors (Lipinski definition) is 2. The van der Waals surface area contributed by atoms with Crippen molar-refractivity contribution in [2.24, 2.45) is 0 Å². The van der Waals surface area contributed by atoms with Gasteiger partial charge in [0.1, 0.15) is 4.90 Å². The molecule has 12 heteroatoms. The van der Waals surface area contributed by atoms with Gasteiger partial charge in [-0.2, -0.15) is 25.3 Å². The lowest BCUT2D eigenvalue weighted by atomic mass is 10.2. The average Bonchev–Trinajstić information content (AvgIpc) is 2.88. The van der Waals surface area contributed by atoms with Gasteiger partial charge >= 0.3 is 0 Å². The zero-order valence-electron chi connectivity index (χ0n) is 19.8. The van der Waals surface area contributed by atoms with Crippen LogP contribution in [-0.4, -0.2) is 41.5 Å². The van der Waals surface area contributed by atoms with Gasteiger partial charge in [0.25, 0.3) is 30.4 Å². The van der Waals surface area contributed by atoms with E-state index in [1.165, 1.54) is 48.6 Å². The second-order valence-corrected chi connectivity index (χ2v) is 11.4. The molecule has 0 saturated heterocycles. The van der Waals surface area contributed by atoms with E-state index in [0.29, 0.717) is 11.1 Å². The standard InChI is InChI=1S/C9H10O3S.2C8H8O3S/c1-3-8-4-6-9(7-5-8)13(10,11)12-2;1-2-7-4-3-5-8(6-7)12(9,10)11;1-2-7-5-3-4-6-8(7)12(9,10)11/h3-7H,1H2,2H3;2*2-6H,1H2,(H,9,10,11). The lowest BCUT2D eigenvalue weighted by Crippen LogP contribution is -2.02. The molecule has 0 amide bonds. The molecule has 3 aromatic carbocycles. The fourth-order valence-corrected chi connectivity index (χ4v) is 4.45. The molecule has 9 nitrogen and oxygen atoms in total. The Kier molecular flexibility index (Phi) is 11.8. The van der Waals surface area contributed by atoms with E-state index >= 15 is 0 Å². The van der Waals surface area contributed by atoms with E-state index in [1.807, 2.05) is 0 Å². The van der Waals surface area contributed by atoms with Crippen molar-refractivity contribution in [3.05, 3.63) is 109 Å². The highest BCUT2D eigenvalue weighted by atomic mass is 32.2. The number of rotatable bonds is 7. The normalized spacial score (nSPS) is 11.1. The summed E-state index contributed by atoms with van der Waals surface area (Å²) in [6.45, 7) is 10.5. The maximum Gasteiger partial charge on any atom is 0.296 e. The molecule has 0 radical (unpaired) electrons. The molecular weight excluding hydrogens is 540 g/mol. The molecule has 3 rings (SSSR count). The molecule has 3 aromatic rings. The molecular formula is C25H26O9S3. The van der Waals surface area contributed by atoms with Gasteiger partial charge in [-0.15, -0.1) is 0 Å². The molecule has 0 aromatic heterocycles. The molecule has 0 aliphatic rings. The van der Waals surface area contributed by atoms with Crippen LogP contribution in [0.25, 0.3) is 18.2 Å². The molecule has 0 unspecified atom stereocenters. The van der Waals surface area contributed by atoms with Crippen LogP contribution in [0.4, 0.5) is 0 Å². The molecule has 0 aliphatic heterocycles. The number of benzene rings is 3. The first-order valence-corrected chi connectivity index (χ1v) is 14.4. The second kappa shape index (κ2) is 13.8. The molecule has 0 atom stereocenters. The smallest absolute Gasteiger partial charge is 0.282 e. The van der Waals surface area contributed by atoms with E-state index < -0.39 is 30.4 Å². The number of hydrogen-bond acceptors (Lipinski definition) is 7. The van der Waals surface area contributed by atoms with Crippen molar-refractivity contribution in [2.45, 2.75) is 14.7 Å². The van der Waals surface area contributed by atoms with Crippen LogP contribution in [0.5, 0.6) is 0 Å². The van der Waals surface area contributed by atoms with Crippen molar-refractivity contribution in [3.8, 4) is 0 Å². The van der Waals surface area contributed by atoms with Crippen molar-refractivity contribution >= 4 is 48.6 Å². The summed E-state index contributed by atoms with van der Waals surface area (Å²) in [5, 5.41) is 0. The summed E-state index contributed by atoms with van der Waals surface area (Å²) in [4.78, 5) is -0.0690. The van der Waals surface area contributed by atoms with E-state index in [4.69, 9.17) is 9.11 Å². The molecule has 37 heavy (non-hydrogen) atoms. The molecule has 0 saturated carbocycles. The van der Waals surface area contributed by atoms with Gasteiger partial charge in [-0.25, -0.2) is 0 Å². The maximum absolute atomic E-state index is 11.2. The minimum atomic E-state index is -4.12. The van der Waals surface area contributed by atoms with Gasteiger partial charge < -0.3 is 0 Å². The molecule has 0 fully saturated rings. The lowest BCUT2D eigenvalue weighted by molar-refractivity contribution is 0.397. The van der Waals surface area contributed by atoms with Gasteiger partial charge in [-0.1, -0.05) is 80.4 Å². The van der Waals surface area contributed by atoms with Crippen LogP contribution < -0.4 is 0 Å². The Hall–Kier alpha value is -3.39. The Balaban J connectivity index is 0.000000278. The summed E-state index contributed by atoms with van der Waals surface area (Å²) in [5.74, 6) is 0. The third-order valence-corrected chi connectivity index (χ3v) is 7.50. The van der Waals surface area contributed by atoms with E-state index in [-0.39, 0.29) is 14.7 Å². The quantitative estimate of drug-likeness (QED) is 0.303. The summed E-state index contributed by atoms with van der Waals surface area (Å²) < 4.78 is 86.7. The third kappa shape index (κ3) is 10.2. The summed E-state index contributed by atoms with van der Waals surface area (Å²) in [6.07, 6.45) is 4.53. The Labute approximate surface area is 217 Å². The SMILES string of the molecule is C=Cc1ccc(S(=O)(=O)OC)cc1.C=Cc1cccc(S(=O)(=O)O)c1.C=Cc1ccccc1S(=O)(=O)O. The minimum absolute atomic E-state index is 0.111. The fourth-order valence-electron chi connectivity index (χ4n) is 2.55. The van der Waals surface area contributed by atoms with Crippen LogP contribution >= 0.6 is 0 Å². The molecule has 0 aliphatic carbocycles. The van der Waals surface area contributed by atoms with E-state index in [0.717, 1.165) is 12.7 Å². The Morgan fingerprint density at radius 2 is 1.22 bits per heavy atom. The summed E-state index contributed by atoms with van der Waals surface area (Å²) >= 11 is 0. The predicted octanol–water partition coefficient (Wildman–Crippen LogP) is 4.82. The first-order valence-electron chi connectivity index (χ1n) is 10.1. The highest BCUT2D eigenvalue weighted by Crippen LogP contribution is 2.15. The van der Waals surface area contributed by atoms with Gasteiger partial charge in [0.15, 0.2) is 0 Å². The van der Waals surface area contributed by atoms with Crippen molar-refractivity contribution in [3.63, 3.8) is 0 Å². The first-order chi connectivity index (χ1) is 17.2. The maximum atomic E-state index is 11.2. The van der Waals surface area contributed by atoms with Crippen LogP contribution in [0.2, 0.25) is 0 Å². The summed E-state index contributed by atoms with van der Waals surface area (Å²) in [6, 6.07) is 18.3. The first kappa shape index (κ1) is 31.6. The Morgan fingerprint density at radius 1 is 0.649 bits per heavy atom. The molecule has 0 spiro atoms. The molecule has 0 bridgehead atoms. The van der Waals surface area contributed by atoms with E-state index in [9.17, 15) is 25.3 Å². The molecule has 2 N–H and O–H groups in total. The zero-order chi connectivity index (χ0) is 28.3. The predicted molar refractivity (Wildman–Crippen MR) is 143 cm³/mol. The van der Waals surface area contributed by atoms with Gasteiger partial charge in [-0.3, -0.25) is 13.3 Å². The van der Waals surface area contributed by atoms with Crippen molar-refractivity contribution < 1.29 is 38.5 Å². The lowest BCUT2D eigenvalue weighted by Gasteiger charge is -2.00. The average molecular weight is 567 g/mol. The van der Waals surface area contributed by atoms with Gasteiger partial charge in [0.2, 0.25) is 0 Å². The van der Waals surface area contributed by atoms with Crippen LogP contribution in [0.15, 0.2) is 107 Å².